The lowest BCUT2D eigenvalue weighted by atomic mass is 9.97. The summed E-state index contributed by atoms with van der Waals surface area (Å²) in [6, 6.07) is 0. The van der Waals surface area contributed by atoms with Crippen LogP contribution in [-0.2, 0) is 9.53 Å². The van der Waals surface area contributed by atoms with Crippen molar-refractivity contribution >= 4 is 5.91 Å². The molecule has 0 atom stereocenters. The molecule has 4 heteroatoms. The van der Waals surface area contributed by atoms with Gasteiger partial charge in [0.25, 0.3) is 5.91 Å². The number of nitrogens with one attached hydrogen (secondary N) is 1. The third-order valence-corrected chi connectivity index (χ3v) is 3.47. The first-order valence-electron chi connectivity index (χ1n) is 6.00. The zero-order chi connectivity index (χ0) is 11.4. The van der Waals surface area contributed by atoms with E-state index in [9.17, 15) is 9.90 Å². The lowest BCUT2D eigenvalue weighted by molar-refractivity contribution is -0.120. The van der Waals surface area contributed by atoms with E-state index in [-0.39, 0.29) is 18.1 Å². The van der Waals surface area contributed by atoms with Crippen LogP contribution in [0.2, 0.25) is 0 Å². The summed E-state index contributed by atoms with van der Waals surface area (Å²) in [5.74, 6) is -0.0735. The van der Waals surface area contributed by atoms with Crippen molar-refractivity contribution < 1.29 is 14.6 Å². The van der Waals surface area contributed by atoms with Gasteiger partial charge in [0, 0.05) is 0 Å². The van der Waals surface area contributed by atoms with E-state index in [0.29, 0.717) is 12.2 Å². The monoisotopic (exact) mass is 225 g/mol. The minimum atomic E-state index is -0.380. The largest absolute Gasteiger partial charge is 0.501 e. The van der Waals surface area contributed by atoms with Crippen molar-refractivity contribution in [2.45, 2.75) is 44.1 Å². The molecule has 1 aliphatic heterocycles. The maximum Gasteiger partial charge on any atom is 0.250 e. The molecule has 1 aliphatic carbocycles. The van der Waals surface area contributed by atoms with Gasteiger partial charge in [0.15, 0.2) is 0 Å². The fraction of sp³-hybridized carbons (Fsp3) is 0.750. The van der Waals surface area contributed by atoms with Crippen molar-refractivity contribution in [1.82, 2.24) is 5.32 Å². The second-order valence-corrected chi connectivity index (χ2v) is 4.72. The molecule has 0 spiro atoms. The maximum atomic E-state index is 11.9. The van der Waals surface area contributed by atoms with Crippen LogP contribution in [0.25, 0.3) is 0 Å². The highest BCUT2D eigenvalue weighted by Crippen LogP contribution is 2.29. The molecule has 1 heterocycles. The predicted octanol–water partition coefficient (Wildman–Crippen LogP) is 1.10. The number of carbonyl (C=O) groups is 1. The van der Waals surface area contributed by atoms with Crippen LogP contribution in [-0.4, -0.2) is 29.8 Å². The summed E-state index contributed by atoms with van der Waals surface area (Å²) in [6.45, 7) is 0.731. The van der Waals surface area contributed by atoms with Gasteiger partial charge >= 0.3 is 0 Å². The summed E-state index contributed by atoms with van der Waals surface area (Å²) in [4.78, 5) is 11.9. The SMILES string of the molecule is O=C(NC1(CO)CCCC1)C1=COCCC1. The second kappa shape index (κ2) is 4.87. The standard InChI is InChI=1S/C12H19NO3/c14-9-12(5-1-2-6-12)13-11(15)10-4-3-7-16-8-10/h8,14H,1-7,9H2,(H,13,15). The van der Waals surface area contributed by atoms with Crippen LogP contribution >= 0.6 is 0 Å². The number of hydrogen-bond acceptors (Lipinski definition) is 3. The highest BCUT2D eigenvalue weighted by Gasteiger charge is 2.35. The molecule has 2 rings (SSSR count). The molecule has 2 N–H and O–H groups in total. The Kier molecular flexibility index (Phi) is 3.49. The summed E-state index contributed by atoms with van der Waals surface area (Å²) >= 11 is 0. The number of aliphatic hydroxyl groups is 1. The molecule has 0 bridgehead atoms. The van der Waals surface area contributed by atoms with Gasteiger partial charge in [0.05, 0.1) is 30.6 Å². The Bertz CT molecular complexity index is 293. The van der Waals surface area contributed by atoms with Crippen LogP contribution < -0.4 is 5.32 Å². The van der Waals surface area contributed by atoms with Gasteiger partial charge in [-0.2, -0.15) is 0 Å². The van der Waals surface area contributed by atoms with Gasteiger partial charge < -0.3 is 15.2 Å². The van der Waals surface area contributed by atoms with Crippen LogP contribution in [0.5, 0.6) is 0 Å². The molecule has 0 aromatic rings. The van der Waals surface area contributed by atoms with Crippen molar-refractivity contribution in [2.24, 2.45) is 0 Å². The van der Waals surface area contributed by atoms with Gasteiger partial charge in [-0.3, -0.25) is 4.79 Å². The van der Waals surface area contributed by atoms with Crippen molar-refractivity contribution in [1.29, 1.82) is 0 Å². The molecule has 2 aliphatic rings. The smallest absolute Gasteiger partial charge is 0.250 e. The van der Waals surface area contributed by atoms with E-state index in [1.54, 1.807) is 6.26 Å². The average molecular weight is 225 g/mol. The number of aliphatic hydroxyl groups excluding tert-OH is 1. The van der Waals surface area contributed by atoms with E-state index in [2.05, 4.69) is 5.32 Å². The van der Waals surface area contributed by atoms with E-state index >= 15 is 0 Å². The Labute approximate surface area is 95.7 Å². The minimum Gasteiger partial charge on any atom is -0.501 e. The molecule has 0 aromatic carbocycles. The summed E-state index contributed by atoms with van der Waals surface area (Å²) in [6.07, 6.45) is 7.14. The minimum absolute atomic E-state index is 0.0346. The fourth-order valence-corrected chi connectivity index (χ4v) is 2.43. The van der Waals surface area contributed by atoms with Crippen molar-refractivity contribution in [3.8, 4) is 0 Å². The molecule has 0 radical (unpaired) electrons. The number of hydrogen-bond donors (Lipinski definition) is 2. The third kappa shape index (κ3) is 2.38. The number of ether oxygens (including phenoxy) is 1. The second-order valence-electron chi connectivity index (χ2n) is 4.72. The highest BCUT2D eigenvalue weighted by molar-refractivity contribution is 5.93. The molecule has 1 fully saturated rings. The van der Waals surface area contributed by atoms with E-state index in [0.717, 1.165) is 38.5 Å². The van der Waals surface area contributed by atoms with Crippen LogP contribution in [0.3, 0.4) is 0 Å². The third-order valence-electron chi connectivity index (χ3n) is 3.47. The Morgan fingerprint density at radius 3 is 2.75 bits per heavy atom. The zero-order valence-corrected chi connectivity index (χ0v) is 9.50. The summed E-state index contributed by atoms with van der Waals surface area (Å²) in [5.41, 5.74) is 0.320. The molecule has 0 saturated heterocycles. The molecule has 0 aromatic heterocycles. The fourth-order valence-electron chi connectivity index (χ4n) is 2.43. The molecule has 1 saturated carbocycles. The first-order valence-corrected chi connectivity index (χ1v) is 6.00. The van der Waals surface area contributed by atoms with E-state index in [1.807, 2.05) is 0 Å². The Morgan fingerprint density at radius 2 is 2.19 bits per heavy atom. The van der Waals surface area contributed by atoms with Gasteiger partial charge in [-0.1, -0.05) is 12.8 Å². The summed E-state index contributed by atoms with van der Waals surface area (Å²) in [7, 11) is 0. The predicted molar refractivity (Wildman–Crippen MR) is 59.7 cm³/mol. The molecular weight excluding hydrogens is 206 g/mol. The van der Waals surface area contributed by atoms with Crippen LogP contribution in [0, 0.1) is 0 Å². The van der Waals surface area contributed by atoms with Gasteiger partial charge in [-0.05, 0) is 25.7 Å². The molecule has 16 heavy (non-hydrogen) atoms. The van der Waals surface area contributed by atoms with Gasteiger partial charge in [-0.25, -0.2) is 0 Å². The van der Waals surface area contributed by atoms with Crippen LogP contribution in [0.1, 0.15) is 38.5 Å². The number of amides is 1. The highest BCUT2D eigenvalue weighted by atomic mass is 16.5. The topological polar surface area (TPSA) is 58.6 Å². The summed E-state index contributed by atoms with van der Waals surface area (Å²) in [5, 5.41) is 12.4. The van der Waals surface area contributed by atoms with Crippen molar-refractivity contribution in [3.63, 3.8) is 0 Å². The quantitative estimate of drug-likeness (QED) is 0.756. The first kappa shape index (κ1) is 11.5. The van der Waals surface area contributed by atoms with E-state index in [1.165, 1.54) is 0 Å². The molecule has 90 valence electrons. The van der Waals surface area contributed by atoms with E-state index in [4.69, 9.17) is 4.74 Å². The Morgan fingerprint density at radius 1 is 1.44 bits per heavy atom. The number of carbonyl (C=O) groups excluding carboxylic acids is 1. The van der Waals surface area contributed by atoms with E-state index < -0.39 is 0 Å². The molecule has 0 unspecified atom stereocenters. The Hall–Kier alpha value is -1.03. The molecule has 4 nitrogen and oxygen atoms in total. The number of rotatable bonds is 3. The molecular formula is C12H19NO3. The van der Waals surface area contributed by atoms with Gasteiger partial charge in [0.2, 0.25) is 0 Å². The molecule has 1 amide bonds. The zero-order valence-electron chi connectivity index (χ0n) is 9.50. The average Bonchev–Trinajstić information content (AvgIpc) is 2.79. The van der Waals surface area contributed by atoms with Crippen molar-refractivity contribution in [2.75, 3.05) is 13.2 Å². The van der Waals surface area contributed by atoms with Gasteiger partial charge in [0.1, 0.15) is 0 Å². The maximum absolute atomic E-state index is 11.9. The Balaban J connectivity index is 1.97. The normalized spacial score (nSPS) is 23.4. The first-order chi connectivity index (χ1) is 7.76. The van der Waals surface area contributed by atoms with Gasteiger partial charge in [-0.15, -0.1) is 0 Å². The van der Waals surface area contributed by atoms with Crippen LogP contribution in [0.15, 0.2) is 11.8 Å². The lowest BCUT2D eigenvalue weighted by Crippen LogP contribution is -2.49. The van der Waals surface area contributed by atoms with Crippen LogP contribution in [0.4, 0.5) is 0 Å². The van der Waals surface area contributed by atoms with Crippen molar-refractivity contribution in [3.05, 3.63) is 11.8 Å². The summed E-state index contributed by atoms with van der Waals surface area (Å²) < 4.78 is 5.15. The lowest BCUT2D eigenvalue weighted by Gasteiger charge is -2.28.